The van der Waals surface area contributed by atoms with Gasteiger partial charge in [-0.05, 0) is 49.4 Å². The van der Waals surface area contributed by atoms with Crippen molar-refractivity contribution < 1.29 is 4.79 Å². The molecule has 3 rings (SSSR count). The average Bonchev–Trinajstić information content (AvgIpc) is 3.15. The van der Waals surface area contributed by atoms with Gasteiger partial charge in [0.05, 0.1) is 0 Å². The Morgan fingerprint density at radius 1 is 1.32 bits per heavy atom. The number of anilines is 1. The SMILES string of the molecule is CCn1cnnc1CCNC(=O)Nc1ccc2c(c1)CCC2. The number of aryl methyl sites for hydroxylation is 3. The monoisotopic (exact) mass is 299 g/mol. The van der Waals surface area contributed by atoms with E-state index in [2.05, 4.69) is 33.0 Å². The summed E-state index contributed by atoms with van der Waals surface area (Å²) in [5, 5.41) is 13.7. The number of carbonyl (C=O) groups is 1. The van der Waals surface area contributed by atoms with E-state index in [4.69, 9.17) is 0 Å². The second-order valence-electron chi connectivity index (χ2n) is 5.50. The van der Waals surface area contributed by atoms with Crippen molar-refractivity contribution in [2.75, 3.05) is 11.9 Å². The minimum absolute atomic E-state index is 0.180. The van der Waals surface area contributed by atoms with E-state index < -0.39 is 0 Å². The maximum atomic E-state index is 11.9. The van der Waals surface area contributed by atoms with Crippen molar-refractivity contribution in [3.63, 3.8) is 0 Å². The van der Waals surface area contributed by atoms with E-state index in [0.717, 1.165) is 30.9 Å². The van der Waals surface area contributed by atoms with Crippen molar-refractivity contribution >= 4 is 11.7 Å². The summed E-state index contributed by atoms with van der Waals surface area (Å²) in [6.07, 6.45) is 5.85. The Balaban J connectivity index is 1.48. The predicted octanol–water partition coefficient (Wildman–Crippen LogP) is 2.15. The fraction of sp³-hybridized carbons (Fsp3) is 0.438. The summed E-state index contributed by atoms with van der Waals surface area (Å²) in [6.45, 7) is 3.42. The van der Waals surface area contributed by atoms with E-state index in [1.807, 2.05) is 17.6 Å². The van der Waals surface area contributed by atoms with Crippen LogP contribution in [-0.2, 0) is 25.8 Å². The summed E-state index contributed by atoms with van der Waals surface area (Å²) in [4.78, 5) is 11.9. The summed E-state index contributed by atoms with van der Waals surface area (Å²) >= 11 is 0. The molecule has 0 saturated heterocycles. The number of fused-ring (bicyclic) bond motifs is 1. The molecular weight excluding hydrogens is 278 g/mol. The van der Waals surface area contributed by atoms with Crippen LogP contribution >= 0.6 is 0 Å². The molecule has 22 heavy (non-hydrogen) atoms. The van der Waals surface area contributed by atoms with Crippen molar-refractivity contribution in [1.82, 2.24) is 20.1 Å². The lowest BCUT2D eigenvalue weighted by Gasteiger charge is -2.09. The van der Waals surface area contributed by atoms with E-state index in [1.54, 1.807) is 6.33 Å². The normalized spacial score (nSPS) is 13.0. The third kappa shape index (κ3) is 3.27. The van der Waals surface area contributed by atoms with Crippen molar-refractivity contribution in [2.45, 2.75) is 39.2 Å². The lowest BCUT2D eigenvalue weighted by molar-refractivity contribution is 0.252. The molecule has 0 aliphatic heterocycles. The Morgan fingerprint density at radius 2 is 2.18 bits per heavy atom. The fourth-order valence-corrected chi connectivity index (χ4v) is 2.85. The maximum absolute atomic E-state index is 11.9. The second kappa shape index (κ2) is 6.60. The van der Waals surface area contributed by atoms with Crippen molar-refractivity contribution in [1.29, 1.82) is 0 Å². The molecule has 2 amide bonds. The molecule has 0 spiro atoms. The maximum Gasteiger partial charge on any atom is 0.319 e. The number of hydrogen-bond donors (Lipinski definition) is 2. The first-order chi connectivity index (χ1) is 10.8. The van der Waals surface area contributed by atoms with Crippen LogP contribution in [0, 0.1) is 0 Å². The quantitative estimate of drug-likeness (QED) is 0.888. The van der Waals surface area contributed by atoms with Crippen LogP contribution < -0.4 is 10.6 Å². The van der Waals surface area contributed by atoms with E-state index in [9.17, 15) is 4.79 Å². The summed E-state index contributed by atoms with van der Waals surface area (Å²) in [5.74, 6) is 0.889. The molecule has 0 saturated carbocycles. The molecule has 2 aromatic rings. The van der Waals surface area contributed by atoms with Crippen molar-refractivity contribution in [3.05, 3.63) is 41.5 Å². The number of nitrogens with zero attached hydrogens (tertiary/aromatic N) is 3. The molecule has 1 aliphatic carbocycles. The summed E-state index contributed by atoms with van der Waals surface area (Å²) in [7, 11) is 0. The lowest BCUT2D eigenvalue weighted by atomic mass is 10.1. The number of carbonyl (C=O) groups excluding carboxylic acids is 1. The zero-order valence-corrected chi connectivity index (χ0v) is 12.8. The van der Waals surface area contributed by atoms with Gasteiger partial charge >= 0.3 is 6.03 Å². The number of aromatic nitrogens is 3. The first-order valence-corrected chi connectivity index (χ1v) is 7.79. The van der Waals surface area contributed by atoms with Gasteiger partial charge in [0.2, 0.25) is 0 Å². The molecule has 6 heteroatoms. The average molecular weight is 299 g/mol. The van der Waals surface area contributed by atoms with Gasteiger partial charge in [0.1, 0.15) is 12.2 Å². The second-order valence-corrected chi connectivity index (χ2v) is 5.50. The van der Waals surface area contributed by atoms with Crippen molar-refractivity contribution in [3.8, 4) is 0 Å². The summed E-state index contributed by atoms with van der Waals surface area (Å²) < 4.78 is 1.97. The largest absolute Gasteiger partial charge is 0.337 e. The van der Waals surface area contributed by atoms with Crippen molar-refractivity contribution in [2.24, 2.45) is 0 Å². The third-order valence-corrected chi connectivity index (χ3v) is 4.03. The number of nitrogens with one attached hydrogen (secondary N) is 2. The Kier molecular flexibility index (Phi) is 4.37. The minimum Gasteiger partial charge on any atom is -0.337 e. The molecule has 2 N–H and O–H groups in total. The van der Waals surface area contributed by atoms with Gasteiger partial charge in [-0.3, -0.25) is 0 Å². The summed E-state index contributed by atoms with van der Waals surface area (Å²) in [6, 6.07) is 5.98. The Hall–Kier alpha value is -2.37. The molecule has 0 radical (unpaired) electrons. The lowest BCUT2D eigenvalue weighted by Crippen LogP contribution is -2.31. The highest BCUT2D eigenvalue weighted by molar-refractivity contribution is 5.89. The Bertz CT molecular complexity index is 664. The van der Waals surface area contributed by atoms with Gasteiger partial charge in [-0.25, -0.2) is 4.79 Å². The molecule has 1 aromatic carbocycles. The number of rotatable bonds is 5. The number of amides is 2. The number of hydrogen-bond acceptors (Lipinski definition) is 3. The molecule has 0 fully saturated rings. The van der Waals surface area contributed by atoms with Gasteiger partial charge in [-0.15, -0.1) is 10.2 Å². The summed E-state index contributed by atoms with van der Waals surface area (Å²) in [5.41, 5.74) is 3.62. The van der Waals surface area contributed by atoms with Crippen LogP contribution in [0.25, 0.3) is 0 Å². The topological polar surface area (TPSA) is 71.8 Å². The van der Waals surface area contributed by atoms with Crippen LogP contribution in [-0.4, -0.2) is 27.3 Å². The van der Waals surface area contributed by atoms with E-state index in [0.29, 0.717) is 13.0 Å². The van der Waals surface area contributed by atoms with Crippen LogP contribution in [0.2, 0.25) is 0 Å². The standard InChI is InChI=1S/C16H21N5O/c1-2-21-11-18-20-15(21)8-9-17-16(22)19-14-7-6-12-4-3-5-13(12)10-14/h6-7,10-11H,2-5,8-9H2,1H3,(H2,17,19,22). The van der Waals surface area contributed by atoms with Gasteiger partial charge in [0.25, 0.3) is 0 Å². The van der Waals surface area contributed by atoms with Crippen LogP contribution in [0.4, 0.5) is 10.5 Å². The van der Waals surface area contributed by atoms with Gasteiger partial charge in [-0.1, -0.05) is 6.07 Å². The molecule has 0 atom stereocenters. The minimum atomic E-state index is -0.180. The first-order valence-electron chi connectivity index (χ1n) is 7.79. The van der Waals surface area contributed by atoms with E-state index in [-0.39, 0.29) is 6.03 Å². The Morgan fingerprint density at radius 3 is 3.05 bits per heavy atom. The van der Waals surface area contributed by atoms with E-state index in [1.165, 1.54) is 17.5 Å². The zero-order chi connectivity index (χ0) is 15.4. The van der Waals surface area contributed by atoms with Crippen LogP contribution in [0.1, 0.15) is 30.3 Å². The fourth-order valence-electron chi connectivity index (χ4n) is 2.85. The zero-order valence-electron chi connectivity index (χ0n) is 12.8. The van der Waals surface area contributed by atoms with Gasteiger partial charge in [-0.2, -0.15) is 0 Å². The highest BCUT2D eigenvalue weighted by Gasteiger charge is 2.11. The van der Waals surface area contributed by atoms with Crippen LogP contribution in [0.15, 0.2) is 24.5 Å². The van der Waals surface area contributed by atoms with E-state index >= 15 is 0 Å². The molecule has 0 bridgehead atoms. The Labute approximate surface area is 129 Å². The highest BCUT2D eigenvalue weighted by Crippen LogP contribution is 2.24. The van der Waals surface area contributed by atoms with Crippen LogP contribution in [0.3, 0.4) is 0 Å². The first kappa shape index (κ1) is 14.6. The molecule has 1 aromatic heterocycles. The van der Waals surface area contributed by atoms with Gasteiger partial charge < -0.3 is 15.2 Å². The molecule has 1 aliphatic rings. The van der Waals surface area contributed by atoms with Gasteiger partial charge in [0.15, 0.2) is 0 Å². The molecule has 1 heterocycles. The van der Waals surface area contributed by atoms with Crippen LogP contribution in [0.5, 0.6) is 0 Å². The molecule has 0 unspecified atom stereocenters. The molecule has 116 valence electrons. The van der Waals surface area contributed by atoms with Gasteiger partial charge in [0, 0.05) is 25.2 Å². The predicted molar refractivity (Wildman–Crippen MR) is 84.9 cm³/mol. The number of urea groups is 1. The molecular formula is C16H21N5O. The molecule has 6 nitrogen and oxygen atoms in total. The highest BCUT2D eigenvalue weighted by atomic mass is 16.2. The smallest absolute Gasteiger partial charge is 0.319 e. The number of benzene rings is 1. The third-order valence-electron chi connectivity index (χ3n) is 4.03.